The summed E-state index contributed by atoms with van der Waals surface area (Å²) in [6.45, 7) is 4.01. The lowest BCUT2D eigenvalue weighted by molar-refractivity contribution is -0.136. The number of amides is 2. The summed E-state index contributed by atoms with van der Waals surface area (Å²) in [4.78, 5) is 24.3. The predicted octanol–water partition coefficient (Wildman–Crippen LogP) is 1.47. The molecule has 0 radical (unpaired) electrons. The van der Waals surface area contributed by atoms with Crippen LogP contribution in [0.4, 0.5) is 5.69 Å². The van der Waals surface area contributed by atoms with Crippen LogP contribution in [-0.4, -0.2) is 29.8 Å². The SMILES string of the molecule is Cc1ccc(N[C@@H]2CC(=O)N(C)C2=O)c(C)c1. The number of nitrogens with one attached hydrogen (secondary N) is 1. The Hall–Kier alpha value is -1.84. The molecule has 17 heavy (non-hydrogen) atoms. The molecule has 1 N–H and O–H groups in total. The molecule has 0 saturated carbocycles. The lowest BCUT2D eigenvalue weighted by Gasteiger charge is -2.14. The zero-order chi connectivity index (χ0) is 12.6. The summed E-state index contributed by atoms with van der Waals surface area (Å²) < 4.78 is 0. The molecule has 0 spiro atoms. The van der Waals surface area contributed by atoms with E-state index in [2.05, 4.69) is 5.32 Å². The van der Waals surface area contributed by atoms with Crippen LogP contribution in [0.1, 0.15) is 17.5 Å². The molecule has 1 heterocycles. The third kappa shape index (κ3) is 2.16. The monoisotopic (exact) mass is 232 g/mol. The first-order valence-electron chi connectivity index (χ1n) is 5.63. The number of imide groups is 1. The predicted molar refractivity (Wildman–Crippen MR) is 65.7 cm³/mol. The number of anilines is 1. The molecule has 0 aliphatic carbocycles. The maximum Gasteiger partial charge on any atom is 0.251 e. The van der Waals surface area contributed by atoms with Gasteiger partial charge in [0.1, 0.15) is 6.04 Å². The van der Waals surface area contributed by atoms with Gasteiger partial charge in [0.2, 0.25) is 5.91 Å². The highest BCUT2D eigenvalue weighted by atomic mass is 16.2. The van der Waals surface area contributed by atoms with E-state index < -0.39 is 6.04 Å². The van der Waals surface area contributed by atoms with E-state index in [4.69, 9.17) is 0 Å². The second kappa shape index (κ2) is 4.20. The number of hydrogen-bond acceptors (Lipinski definition) is 3. The Morgan fingerprint density at radius 3 is 2.53 bits per heavy atom. The van der Waals surface area contributed by atoms with E-state index in [1.54, 1.807) is 0 Å². The summed E-state index contributed by atoms with van der Waals surface area (Å²) in [6.07, 6.45) is 0.239. The van der Waals surface area contributed by atoms with Gasteiger partial charge in [-0.1, -0.05) is 17.7 Å². The molecule has 4 nitrogen and oxygen atoms in total. The molecule has 2 amide bonds. The minimum Gasteiger partial charge on any atom is -0.373 e. The van der Waals surface area contributed by atoms with Crippen molar-refractivity contribution in [2.24, 2.45) is 0 Å². The number of nitrogens with zero attached hydrogens (tertiary/aromatic N) is 1. The molecule has 0 unspecified atom stereocenters. The van der Waals surface area contributed by atoms with Crippen molar-refractivity contribution < 1.29 is 9.59 Å². The number of carbonyl (C=O) groups excluding carboxylic acids is 2. The number of carbonyl (C=O) groups is 2. The molecule has 1 aromatic carbocycles. The number of aryl methyl sites for hydroxylation is 2. The zero-order valence-electron chi connectivity index (χ0n) is 10.3. The average Bonchev–Trinajstić information content (AvgIpc) is 2.50. The Labute approximate surface area is 101 Å². The van der Waals surface area contributed by atoms with Crippen LogP contribution in [0.3, 0.4) is 0 Å². The Morgan fingerprint density at radius 2 is 2.00 bits per heavy atom. The van der Waals surface area contributed by atoms with Crippen molar-refractivity contribution in [2.45, 2.75) is 26.3 Å². The summed E-state index contributed by atoms with van der Waals surface area (Å²) in [5.41, 5.74) is 3.18. The van der Waals surface area contributed by atoms with Crippen LogP contribution in [0.25, 0.3) is 0 Å². The van der Waals surface area contributed by atoms with Crippen molar-refractivity contribution >= 4 is 17.5 Å². The van der Waals surface area contributed by atoms with E-state index in [-0.39, 0.29) is 18.2 Å². The fraction of sp³-hybridized carbons (Fsp3) is 0.385. The van der Waals surface area contributed by atoms with Crippen LogP contribution >= 0.6 is 0 Å². The fourth-order valence-corrected chi connectivity index (χ4v) is 2.03. The Morgan fingerprint density at radius 1 is 1.29 bits per heavy atom. The zero-order valence-corrected chi connectivity index (χ0v) is 10.3. The molecule has 0 bridgehead atoms. The van der Waals surface area contributed by atoms with E-state index in [1.807, 2.05) is 32.0 Å². The molecule has 1 aliphatic heterocycles. The van der Waals surface area contributed by atoms with E-state index in [0.717, 1.165) is 11.3 Å². The van der Waals surface area contributed by atoms with Gasteiger partial charge in [-0.05, 0) is 25.5 Å². The molecule has 4 heteroatoms. The van der Waals surface area contributed by atoms with Crippen molar-refractivity contribution in [2.75, 3.05) is 12.4 Å². The Balaban J connectivity index is 2.17. The van der Waals surface area contributed by atoms with Gasteiger partial charge in [0.15, 0.2) is 0 Å². The van der Waals surface area contributed by atoms with Gasteiger partial charge in [-0.25, -0.2) is 0 Å². The highest BCUT2D eigenvalue weighted by molar-refractivity contribution is 6.06. The van der Waals surface area contributed by atoms with Gasteiger partial charge in [-0.3, -0.25) is 14.5 Å². The quantitative estimate of drug-likeness (QED) is 0.786. The lowest BCUT2D eigenvalue weighted by atomic mass is 10.1. The van der Waals surface area contributed by atoms with Gasteiger partial charge in [0.05, 0.1) is 6.42 Å². The smallest absolute Gasteiger partial charge is 0.251 e. The van der Waals surface area contributed by atoms with Gasteiger partial charge in [-0.2, -0.15) is 0 Å². The van der Waals surface area contributed by atoms with E-state index in [9.17, 15) is 9.59 Å². The van der Waals surface area contributed by atoms with Crippen LogP contribution < -0.4 is 5.32 Å². The molecule has 90 valence electrons. The second-order valence-electron chi connectivity index (χ2n) is 4.51. The average molecular weight is 232 g/mol. The number of hydrogen-bond donors (Lipinski definition) is 1. The van der Waals surface area contributed by atoms with Gasteiger partial charge >= 0.3 is 0 Å². The van der Waals surface area contributed by atoms with Gasteiger partial charge < -0.3 is 5.32 Å². The molecular formula is C13H16N2O2. The largest absolute Gasteiger partial charge is 0.373 e. The molecule has 1 atom stereocenters. The summed E-state index contributed by atoms with van der Waals surface area (Å²) in [6, 6.07) is 5.56. The lowest BCUT2D eigenvalue weighted by Crippen LogP contribution is -2.31. The molecular weight excluding hydrogens is 216 g/mol. The van der Waals surface area contributed by atoms with Crippen LogP contribution in [-0.2, 0) is 9.59 Å². The van der Waals surface area contributed by atoms with Gasteiger partial charge in [0.25, 0.3) is 5.91 Å². The van der Waals surface area contributed by atoms with E-state index in [0.29, 0.717) is 0 Å². The summed E-state index contributed by atoms with van der Waals surface area (Å²) in [5.74, 6) is -0.285. The minimum atomic E-state index is -0.422. The fourth-order valence-electron chi connectivity index (χ4n) is 2.03. The van der Waals surface area contributed by atoms with Crippen LogP contribution in [0.15, 0.2) is 18.2 Å². The third-order valence-corrected chi connectivity index (χ3v) is 3.09. The van der Waals surface area contributed by atoms with Crippen molar-refractivity contribution in [1.82, 2.24) is 4.90 Å². The number of rotatable bonds is 2. The molecule has 2 rings (SSSR count). The maximum absolute atomic E-state index is 11.7. The maximum atomic E-state index is 11.7. The Bertz CT molecular complexity index is 482. The van der Waals surface area contributed by atoms with Crippen LogP contribution in [0, 0.1) is 13.8 Å². The number of benzene rings is 1. The molecule has 1 aliphatic rings. The van der Waals surface area contributed by atoms with E-state index in [1.165, 1.54) is 17.5 Å². The first-order chi connectivity index (χ1) is 7.99. The molecule has 1 saturated heterocycles. The van der Waals surface area contributed by atoms with E-state index >= 15 is 0 Å². The first-order valence-corrected chi connectivity index (χ1v) is 5.63. The number of likely N-dealkylation sites (tertiary alicyclic amines) is 1. The minimum absolute atomic E-state index is 0.128. The van der Waals surface area contributed by atoms with Gasteiger partial charge in [0, 0.05) is 12.7 Å². The van der Waals surface area contributed by atoms with Crippen LogP contribution in [0.2, 0.25) is 0 Å². The first kappa shape index (κ1) is 11.6. The van der Waals surface area contributed by atoms with Crippen molar-refractivity contribution in [1.29, 1.82) is 0 Å². The topological polar surface area (TPSA) is 49.4 Å². The van der Waals surface area contributed by atoms with Crippen LogP contribution in [0.5, 0.6) is 0 Å². The third-order valence-electron chi connectivity index (χ3n) is 3.09. The second-order valence-corrected chi connectivity index (χ2v) is 4.51. The normalized spacial score (nSPS) is 19.9. The highest BCUT2D eigenvalue weighted by Crippen LogP contribution is 2.21. The van der Waals surface area contributed by atoms with Gasteiger partial charge in [-0.15, -0.1) is 0 Å². The summed E-state index contributed by atoms with van der Waals surface area (Å²) in [7, 11) is 1.52. The molecule has 0 aromatic heterocycles. The number of likely N-dealkylation sites (N-methyl/N-ethyl adjacent to an activating group) is 1. The summed E-state index contributed by atoms with van der Waals surface area (Å²) in [5, 5.41) is 3.13. The Kier molecular flexibility index (Phi) is 2.88. The highest BCUT2D eigenvalue weighted by Gasteiger charge is 2.35. The van der Waals surface area contributed by atoms with Crippen molar-refractivity contribution in [3.8, 4) is 0 Å². The standard InChI is InChI=1S/C13H16N2O2/c1-8-4-5-10(9(2)6-8)14-11-7-12(16)15(3)13(11)17/h4-6,11,14H,7H2,1-3H3/t11-/m1/s1. The van der Waals surface area contributed by atoms with Crippen molar-refractivity contribution in [3.63, 3.8) is 0 Å². The van der Waals surface area contributed by atoms with Crippen molar-refractivity contribution in [3.05, 3.63) is 29.3 Å². The summed E-state index contributed by atoms with van der Waals surface area (Å²) >= 11 is 0. The molecule has 1 aromatic rings. The molecule has 1 fully saturated rings.